The molecule has 0 spiro atoms. The molecule has 1 aromatic heterocycles. The molecule has 6 heteroatoms. The Morgan fingerprint density at radius 1 is 1.12 bits per heavy atom. The first kappa shape index (κ1) is 17.2. The van der Waals surface area contributed by atoms with Crippen molar-refractivity contribution in [1.29, 1.82) is 0 Å². The molecular formula is C18H16Cl2N2OS. The number of rotatable bonds is 4. The van der Waals surface area contributed by atoms with Crippen LogP contribution in [0.4, 0.5) is 5.69 Å². The second kappa shape index (κ2) is 7.53. The van der Waals surface area contributed by atoms with E-state index >= 15 is 0 Å². The summed E-state index contributed by atoms with van der Waals surface area (Å²) in [5.41, 5.74) is 3.86. The van der Waals surface area contributed by atoms with Crippen molar-refractivity contribution in [2.24, 2.45) is 4.99 Å². The summed E-state index contributed by atoms with van der Waals surface area (Å²) in [6.07, 6.45) is 0. The molecule has 1 heterocycles. The first-order chi connectivity index (χ1) is 11.6. The zero-order valence-corrected chi connectivity index (χ0v) is 15.4. The lowest BCUT2D eigenvalue weighted by atomic mass is 10.1. The number of aromatic nitrogens is 1. The highest BCUT2D eigenvalue weighted by atomic mass is 35.5. The summed E-state index contributed by atoms with van der Waals surface area (Å²) >= 11 is 13.8. The predicted octanol–water partition coefficient (Wildman–Crippen LogP) is 5.06. The largest absolute Gasteiger partial charge is 0.395 e. The number of aryl methyl sites for hydroxylation is 1. The average molecular weight is 379 g/mol. The summed E-state index contributed by atoms with van der Waals surface area (Å²) < 4.78 is 1.97. The van der Waals surface area contributed by atoms with E-state index in [-0.39, 0.29) is 6.61 Å². The first-order valence-electron chi connectivity index (χ1n) is 7.44. The van der Waals surface area contributed by atoms with Crippen molar-refractivity contribution in [2.45, 2.75) is 13.5 Å². The van der Waals surface area contributed by atoms with Gasteiger partial charge >= 0.3 is 0 Å². The Morgan fingerprint density at radius 2 is 1.88 bits per heavy atom. The molecule has 0 aliphatic heterocycles. The third-order valence-corrected chi connectivity index (χ3v) is 5.00. The van der Waals surface area contributed by atoms with Gasteiger partial charge in [0.15, 0.2) is 4.80 Å². The summed E-state index contributed by atoms with van der Waals surface area (Å²) in [6.45, 7) is 2.51. The molecule has 0 amide bonds. The van der Waals surface area contributed by atoms with Crippen LogP contribution < -0.4 is 4.80 Å². The Balaban J connectivity index is 2.12. The smallest absolute Gasteiger partial charge is 0.190 e. The molecule has 0 fully saturated rings. The molecule has 0 radical (unpaired) electrons. The fourth-order valence-electron chi connectivity index (χ4n) is 2.38. The van der Waals surface area contributed by atoms with E-state index in [1.807, 2.05) is 47.2 Å². The van der Waals surface area contributed by atoms with Gasteiger partial charge in [-0.25, -0.2) is 4.99 Å². The number of aliphatic hydroxyl groups is 1. The molecule has 124 valence electrons. The zero-order chi connectivity index (χ0) is 17.1. The van der Waals surface area contributed by atoms with Crippen LogP contribution in [-0.2, 0) is 6.54 Å². The van der Waals surface area contributed by atoms with E-state index in [1.165, 1.54) is 16.9 Å². The minimum atomic E-state index is 0.0238. The first-order valence-corrected chi connectivity index (χ1v) is 9.08. The third-order valence-electron chi connectivity index (χ3n) is 3.59. The predicted molar refractivity (Wildman–Crippen MR) is 101 cm³/mol. The van der Waals surface area contributed by atoms with Crippen molar-refractivity contribution >= 4 is 40.2 Å². The molecule has 2 aromatic carbocycles. The number of aliphatic hydroxyl groups excluding tert-OH is 1. The molecule has 0 bridgehead atoms. The Hall–Kier alpha value is -1.59. The van der Waals surface area contributed by atoms with Crippen LogP contribution in [0.15, 0.2) is 52.8 Å². The van der Waals surface area contributed by atoms with Gasteiger partial charge in [0, 0.05) is 22.5 Å². The lowest BCUT2D eigenvalue weighted by molar-refractivity contribution is 0.275. The van der Waals surface area contributed by atoms with Gasteiger partial charge in [0.2, 0.25) is 0 Å². The molecule has 3 nitrogen and oxygen atoms in total. The fourth-order valence-corrected chi connectivity index (χ4v) is 3.83. The lowest BCUT2D eigenvalue weighted by Crippen LogP contribution is -2.18. The molecule has 0 unspecified atom stereocenters. The van der Waals surface area contributed by atoms with Crippen molar-refractivity contribution in [1.82, 2.24) is 4.57 Å². The highest BCUT2D eigenvalue weighted by molar-refractivity contribution is 7.07. The lowest BCUT2D eigenvalue weighted by Gasteiger charge is -2.09. The van der Waals surface area contributed by atoms with Crippen LogP contribution in [-0.4, -0.2) is 16.3 Å². The van der Waals surface area contributed by atoms with E-state index in [2.05, 4.69) is 0 Å². The van der Waals surface area contributed by atoms with Gasteiger partial charge in [-0.2, -0.15) is 0 Å². The maximum absolute atomic E-state index is 9.44. The van der Waals surface area contributed by atoms with Gasteiger partial charge in [0.05, 0.1) is 23.0 Å². The Morgan fingerprint density at radius 3 is 2.54 bits per heavy atom. The molecule has 0 aliphatic carbocycles. The van der Waals surface area contributed by atoms with E-state index in [0.717, 1.165) is 21.7 Å². The quantitative estimate of drug-likeness (QED) is 0.676. The normalized spacial score (nSPS) is 11.9. The van der Waals surface area contributed by atoms with Crippen LogP contribution >= 0.6 is 34.5 Å². The highest BCUT2D eigenvalue weighted by Gasteiger charge is 2.11. The van der Waals surface area contributed by atoms with Gasteiger partial charge in [-0.1, -0.05) is 40.9 Å². The summed E-state index contributed by atoms with van der Waals surface area (Å²) in [6, 6.07) is 13.4. The molecule has 0 saturated carbocycles. The molecule has 24 heavy (non-hydrogen) atoms. The number of nitrogens with zero attached hydrogens (tertiary/aromatic N) is 2. The topological polar surface area (TPSA) is 37.5 Å². The number of hydrogen-bond acceptors (Lipinski definition) is 3. The van der Waals surface area contributed by atoms with Crippen LogP contribution in [0.2, 0.25) is 10.0 Å². The van der Waals surface area contributed by atoms with E-state index in [4.69, 9.17) is 28.2 Å². The summed E-state index contributed by atoms with van der Waals surface area (Å²) in [5.74, 6) is 0. The van der Waals surface area contributed by atoms with Gasteiger partial charge in [0.1, 0.15) is 0 Å². The number of thiazole rings is 1. The molecule has 0 atom stereocenters. The Bertz CT molecular complexity index is 914. The van der Waals surface area contributed by atoms with Crippen LogP contribution in [0.5, 0.6) is 0 Å². The molecule has 1 N–H and O–H groups in total. The van der Waals surface area contributed by atoms with Crippen molar-refractivity contribution in [2.75, 3.05) is 6.61 Å². The van der Waals surface area contributed by atoms with Gasteiger partial charge < -0.3 is 9.67 Å². The van der Waals surface area contributed by atoms with Crippen LogP contribution in [0.3, 0.4) is 0 Å². The van der Waals surface area contributed by atoms with Crippen LogP contribution in [0.1, 0.15) is 5.56 Å². The molecule has 3 aromatic rings. The minimum absolute atomic E-state index is 0.0238. The molecule has 3 rings (SSSR count). The molecule has 0 aliphatic rings. The van der Waals surface area contributed by atoms with Crippen molar-refractivity contribution in [3.63, 3.8) is 0 Å². The summed E-state index contributed by atoms with van der Waals surface area (Å²) in [5, 5.41) is 12.6. The van der Waals surface area contributed by atoms with Crippen LogP contribution in [0.25, 0.3) is 11.3 Å². The van der Waals surface area contributed by atoms with Gasteiger partial charge in [-0.3, -0.25) is 0 Å². The highest BCUT2D eigenvalue weighted by Crippen LogP contribution is 2.30. The number of halogens is 2. The Kier molecular flexibility index (Phi) is 5.41. The third kappa shape index (κ3) is 3.73. The summed E-state index contributed by atoms with van der Waals surface area (Å²) in [7, 11) is 0. The van der Waals surface area contributed by atoms with Gasteiger partial charge in [-0.05, 0) is 37.3 Å². The second-order valence-electron chi connectivity index (χ2n) is 5.35. The maximum Gasteiger partial charge on any atom is 0.190 e. The van der Waals surface area contributed by atoms with Gasteiger partial charge in [0.25, 0.3) is 0 Å². The summed E-state index contributed by atoms with van der Waals surface area (Å²) in [4.78, 5) is 5.51. The van der Waals surface area contributed by atoms with Crippen molar-refractivity contribution < 1.29 is 5.11 Å². The number of benzene rings is 2. The average Bonchev–Trinajstić information content (AvgIpc) is 2.93. The second-order valence-corrected chi connectivity index (χ2v) is 7.03. The van der Waals surface area contributed by atoms with Crippen LogP contribution in [0, 0.1) is 6.92 Å². The minimum Gasteiger partial charge on any atom is -0.395 e. The standard InChI is InChI=1S/C18H16Cl2N2OS/c1-12-2-5-14(6-3-12)21-18-22(8-9-23)17(11-24-18)15-7-4-13(19)10-16(15)20/h2-7,10-11,23H,8-9H2,1H3. The zero-order valence-electron chi connectivity index (χ0n) is 13.0. The van der Waals surface area contributed by atoms with E-state index in [1.54, 1.807) is 12.1 Å². The maximum atomic E-state index is 9.44. The SMILES string of the molecule is Cc1ccc(N=c2scc(-c3ccc(Cl)cc3Cl)n2CCO)cc1. The van der Waals surface area contributed by atoms with E-state index in [0.29, 0.717) is 16.6 Å². The van der Waals surface area contributed by atoms with Crippen molar-refractivity contribution in [3.05, 3.63) is 68.3 Å². The monoisotopic (exact) mass is 378 g/mol. The van der Waals surface area contributed by atoms with Crippen molar-refractivity contribution in [3.8, 4) is 11.3 Å². The van der Waals surface area contributed by atoms with E-state index in [9.17, 15) is 5.11 Å². The van der Waals surface area contributed by atoms with E-state index < -0.39 is 0 Å². The molecule has 0 saturated heterocycles. The Labute approximate surface area is 154 Å². The van der Waals surface area contributed by atoms with Gasteiger partial charge in [-0.15, -0.1) is 11.3 Å². The fraction of sp³-hybridized carbons (Fsp3) is 0.167. The number of hydrogen-bond donors (Lipinski definition) is 1. The molecular weight excluding hydrogens is 363 g/mol.